The highest BCUT2D eigenvalue weighted by molar-refractivity contribution is 5.85. The van der Waals surface area contributed by atoms with E-state index < -0.39 is 0 Å². The van der Waals surface area contributed by atoms with Gasteiger partial charge in [-0.2, -0.15) is 0 Å². The van der Waals surface area contributed by atoms with Crippen LogP contribution in [0.5, 0.6) is 0 Å². The van der Waals surface area contributed by atoms with Crippen molar-refractivity contribution in [3.8, 4) is 0 Å². The van der Waals surface area contributed by atoms with E-state index >= 15 is 0 Å². The van der Waals surface area contributed by atoms with E-state index in [4.69, 9.17) is 0 Å². The van der Waals surface area contributed by atoms with Crippen LogP contribution in [0, 0.1) is 5.41 Å². The average molecular weight is 344 g/mol. The smallest absolute Gasteiger partial charge is 0.0457 e. The normalized spacial score (nSPS) is 17.6. The van der Waals surface area contributed by atoms with Crippen LogP contribution in [-0.4, -0.2) is 36.1 Å². The summed E-state index contributed by atoms with van der Waals surface area (Å²) in [6.07, 6.45) is 2.21. The number of H-pyrrole nitrogens is 1. The molecule has 1 fully saturated rings. The van der Waals surface area contributed by atoms with Crippen molar-refractivity contribution in [2.75, 3.05) is 26.2 Å². The third-order valence-electron chi connectivity index (χ3n) is 4.25. The first-order valence-corrected chi connectivity index (χ1v) is 7.58. The summed E-state index contributed by atoms with van der Waals surface area (Å²) >= 11 is 0. The van der Waals surface area contributed by atoms with E-state index in [0.717, 1.165) is 26.2 Å². The predicted molar refractivity (Wildman–Crippen MR) is 99.4 cm³/mol. The maximum Gasteiger partial charge on any atom is 0.0457 e. The lowest BCUT2D eigenvalue weighted by atomic mass is 9.81. The largest absolute Gasteiger partial charge is 0.361 e. The molecule has 1 saturated heterocycles. The Morgan fingerprint density at radius 3 is 2.32 bits per heavy atom. The highest BCUT2D eigenvalue weighted by atomic mass is 35.5. The molecule has 2 heterocycles. The van der Waals surface area contributed by atoms with Crippen LogP contribution in [0.1, 0.15) is 32.4 Å². The fourth-order valence-corrected chi connectivity index (χ4v) is 3.47. The SMILES string of the molecule is CC(C)(C)[C@H](c1c[nH]c2ccccc12)N1CCNCC1.Cl.Cl. The van der Waals surface area contributed by atoms with Crippen LogP contribution >= 0.6 is 24.8 Å². The molecule has 0 aliphatic carbocycles. The van der Waals surface area contributed by atoms with Crippen LogP contribution in [0.2, 0.25) is 0 Å². The lowest BCUT2D eigenvalue weighted by Crippen LogP contribution is -2.48. The highest BCUT2D eigenvalue weighted by Crippen LogP contribution is 2.40. The molecule has 1 atom stereocenters. The third kappa shape index (κ3) is 3.77. The van der Waals surface area contributed by atoms with E-state index in [1.807, 2.05) is 0 Å². The first-order chi connectivity index (χ1) is 9.57. The summed E-state index contributed by atoms with van der Waals surface area (Å²) in [6, 6.07) is 9.09. The monoisotopic (exact) mass is 343 g/mol. The topological polar surface area (TPSA) is 31.1 Å². The Bertz CT molecular complexity index is 583. The minimum atomic E-state index is 0. The molecule has 3 rings (SSSR count). The molecule has 3 nitrogen and oxygen atoms in total. The summed E-state index contributed by atoms with van der Waals surface area (Å²) in [5.41, 5.74) is 2.91. The zero-order valence-electron chi connectivity index (χ0n) is 13.6. The predicted octanol–water partition coefficient (Wildman–Crippen LogP) is 4.00. The molecule has 2 aromatic rings. The minimum absolute atomic E-state index is 0. The van der Waals surface area contributed by atoms with Crippen molar-refractivity contribution in [1.29, 1.82) is 0 Å². The van der Waals surface area contributed by atoms with E-state index in [2.05, 4.69) is 66.4 Å². The molecular formula is C17H27Cl2N3. The molecule has 1 aliphatic rings. The van der Waals surface area contributed by atoms with Gasteiger partial charge in [-0.15, -0.1) is 24.8 Å². The van der Waals surface area contributed by atoms with Gasteiger partial charge in [-0.3, -0.25) is 4.90 Å². The highest BCUT2D eigenvalue weighted by Gasteiger charge is 2.33. The van der Waals surface area contributed by atoms with Gasteiger partial charge < -0.3 is 10.3 Å². The molecule has 1 aromatic carbocycles. The van der Waals surface area contributed by atoms with Gasteiger partial charge in [0.1, 0.15) is 0 Å². The van der Waals surface area contributed by atoms with Gasteiger partial charge in [-0.05, 0) is 17.0 Å². The number of aromatic amines is 1. The summed E-state index contributed by atoms with van der Waals surface area (Å²) < 4.78 is 0. The van der Waals surface area contributed by atoms with Crippen molar-refractivity contribution in [2.45, 2.75) is 26.8 Å². The molecule has 124 valence electrons. The molecule has 0 amide bonds. The summed E-state index contributed by atoms with van der Waals surface area (Å²) in [7, 11) is 0. The fourth-order valence-electron chi connectivity index (χ4n) is 3.47. The lowest BCUT2D eigenvalue weighted by molar-refractivity contribution is 0.0872. The molecule has 1 aliphatic heterocycles. The van der Waals surface area contributed by atoms with E-state index in [0.29, 0.717) is 6.04 Å². The number of hydrogen-bond donors (Lipinski definition) is 2. The zero-order valence-corrected chi connectivity index (χ0v) is 15.2. The van der Waals surface area contributed by atoms with Crippen LogP contribution < -0.4 is 5.32 Å². The molecule has 5 heteroatoms. The van der Waals surface area contributed by atoms with Crippen molar-refractivity contribution in [2.24, 2.45) is 5.41 Å². The van der Waals surface area contributed by atoms with Gasteiger partial charge in [0.2, 0.25) is 0 Å². The summed E-state index contributed by atoms with van der Waals surface area (Å²) in [5.74, 6) is 0. The Kier molecular flexibility index (Phi) is 6.75. The van der Waals surface area contributed by atoms with Crippen molar-refractivity contribution >= 4 is 35.7 Å². The molecule has 0 spiro atoms. The van der Waals surface area contributed by atoms with Crippen LogP contribution in [0.25, 0.3) is 10.9 Å². The molecule has 2 N–H and O–H groups in total. The number of nitrogens with one attached hydrogen (secondary N) is 2. The molecular weight excluding hydrogens is 317 g/mol. The lowest BCUT2D eigenvalue weighted by Gasteiger charge is -2.42. The first kappa shape index (κ1) is 19.3. The van der Waals surface area contributed by atoms with Crippen LogP contribution in [0.3, 0.4) is 0 Å². The molecule has 0 radical (unpaired) electrons. The Balaban J connectivity index is 0.00000121. The number of nitrogens with zero attached hydrogens (tertiary/aromatic N) is 1. The van der Waals surface area contributed by atoms with Crippen LogP contribution in [-0.2, 0) is 0 Å². The number of piperazine rings is 1. The van der Waals surface area contributed by atoms with Crippen molar-refractivity contribution in [3.63, 3.8) is 0 Å². The average Bonchev–Trinajstić information content (AvgIpc) is 2.83. The number of aromatic nitrogens is 1. The molecule has 0 bridgehead atoms. The van der Waals surface area contributed by atoms with Gasteiger partial charge in [0.05, 0.1) is 0 Å². The molecule has 22 heavy (non-hydrogen) atoms. The molecule has 1 aromatic heterocycles. The van der Waals surface area contributed by atoms with Gasteiger partial charge >= 0.3 is 0 Å². The second-order valence-electron chi connectivity index (χ2n) is 6.84. The molecule has 0 saturated carbocycles. The first-order valence-electron chi connectivity index (χ1n) is 7.58. The fraction of sp³-hybridized carbons (Fsp3) is 0.529. The Morgan fingerprint density at radius 2 is 1.68 bits per heavy atom. The van der Waals surface area contributed by atoms with Gasteiger partial charge in [-0.25, -0.2) is 0 Å². The van der Waals surface area contributed by atoms with Crippen molar-refractivity contribution in [3.05, 3.63) is 36.0 Å². The van der Waals surface area contributed by atoms with Crippen molar-refractivity contribution in [1.82, 2.24) is 15.2 Å². The van der Waals surface area contributed by atoms with Gasteiger partial charge in [0, 0.05) is 49.3 Å². The summed E-state index contributed by atoms with van der Waals surface area (Å²) in [5, 5.41) is 4.82. The van der Waals surface area contributed by atoms with E-state index in [-0.39, 0.29) is 30.2 Å². The number of benzene rings is 1. The minimum Gasteiger partial charge on any atom is -0.361 e. The second-order valence-corrected chi connectivity index (χ2v) is 6.84. The van der Waals surface area contributed by atoms with Gasteiger partial charge in [0.25, 0.3) is 0 Å². The summed E-state index contributed by atoms with van der Waals surface area (Å²) in [4.78, 5) is 6.07. The quantitative estimate of drug-likeness (QED) is 0.863. The Labute approximate surface area is 145 Å². The maximum atomic E-state index is 3.45. The van der Waals surface area contributed by atoms with Crippen molar-refractivity contribution < 1.29 is 0 Å². The number of rotatable bonds is 2. The number of para-hydroxylation sites is 1. The summed E-state index contributed by atoms with van der Waals surface area (Å²) in [6.45, 7) is 11.5. The zero-order chi connectivity index (χ0) is 14.2. The van der Waals surface area contributed by atoms with E-state index in [9.17, 15) is 0 Å². The standard InChI is InChI=1S/C17H25N3.2ClH/c1-17(2,3)16(20-10-8-18-9-11-20)14-12-19-15-7-5-4-6-13(14)15;;/h4-7,12,16,18-19H,8-11H2,1-3H3;2*1H/t16-;;/m0../s1. The second kappa shape index (κ2) is 7.69. The van der Waals surface area contributed by atoms with E-state index in [1.165, 1.54) is 16.5 Å². The Morgan fingerprint density at radius 1 is 1.05 bits per heavy atom. The maximum absolute atomic E-state index is 3.45. The number of hydrogen-bond acceptors (Lipinski definition) is 2. The number of halogens is 2. The number of fused-ring (bicyclic) bond motifs is 1. The Hall–Kier alpha value is -0.740. The van der Waals surface area contributed by atoms with Crippen LogP contribution in [0.15, 0.2) is 30.5 Å². The van der Waals surface area contributed by atoms with E-state index in [1.54, 1.807) is 0 Å². The molecule has 0 unspecified atom stereocenters. The van der Waals surface area contributed by atoms with Gasteiger partial charge in [-0.1, -0.05) is 39.0 Å². The third-order valence-corrected chi connectivity index (χ3v) is 4.25. The van der Waals surface area contributed by atoms with Gasteiger partial charge in [0.15, 0.2) is 0 Å². The van der Waals surface area contributed by atoms with Crippen LogP contribution in [0.4, 0.5) is 0 Å².